The number of nitrogens with two attached hydrogens (primary N) is 1. The van der Waals surface area contributed by atoms with E-state index in [0.717, 1.165) is 9.79 Å². The molecule has 0 saturated carbocycles. The van der Waals surface area contributed by atoms with Gasteiger partial charge in [0.25, 0.3) is 0 Å². The SMILES string of the molecule is Nc1ccc(Sc2cc(Cl)cc(Cl)c2)c(Cl)c1. The summed E-state index contributed by atoms with van der Waals surface area (Å²) in [5.41, 5.74) is 6.28. The van der Waals surface area contributed by atoms with E-state index in [0.29, 0.717) is 20.8 Å². The molecule has 2 N–H and O–H groups in total. The zero-order chi connectivity index (χ0) is 12.4. The van der Waals surface area contributed by atoms with E-state index in [1.807, 2.05) is 18.2 Å². The van der Waals surface area contributed by atoms with E-state index in [-0.39, 0.29) is 0 Å². The molecule has 0 spiro atoms. The molecule has 5 heteroatoms. The van der Waals surface area contributed by atoms with Crippen molar-refractivity contribution < 1.29 is 0 Å². The number of hydrogen-bond donors (Lipinski definition) is 1. The number of rotatable bonds is 2. The van der Waals surface area contributed by atoms with Gasteiger partial charge in [0, 0.05) is 25.5 Å². The van der Waals surface area contributed by atoms with Gasteiger partial charge in [-0.15, -0.1) is 0 Å². The summed E-state index contributed by atoms with van der Waals surface area (Å²) in [7, 11) is 0. The van der Waals surface area contributed by atoms with Crippen LogP contribution in [0.5, 0.6) is 0 Å². The van der Waals surface area contributed by atoms with Crippen molar-refractivity contribution in [1.29, 1.82) is 0 Å². The van der Waals surface area contributed by atoms with Crippen molar-refractivity contribution in [3.8, 4) is 0 Å². The molecule has 0 aliphatic rings. The van der Waals surface area contributed by atoms with E-state index in [1.54, 1.807) is 18.2 Å². The molecule has 0 bridgehead atoms. The summed E-state index contributed by atoms with van der Waals surface area (Å²) >= 11 is 19.4. The van der Waals surface area contributed by atoms with Gasteiger partial charge in [0.05, 0.1) is 5.02 Å². The van der Waals surface area contributed by atoms with Gasteiger partial charge in [0.1, 0.15) is 0 Å². The Labute approximate surface area is 119 Å². The van der Waals surface area contributed by atoms with Crippen LogP contribution < -0.4 is 5.73 Å². The minimum Gasteiger partial charge on any atom is -0.399 e. The minimum atomic E-state index is 0.603. The summed E-state index contributed by atoms with van der Waals surface area (Å²) < 4.78 is 0. The topological polar surface area (TPSA) is 26.0 Å². The minimum absolute atomic E-state index is 0.603. The average molecular weight is 305 g/mol. The average Bonchev–Trinajstić information content (AvgIpc) is 2.21. The number of nitrogen functional groups attached to an aromatic ring is 1. The summed E-state index contributed by atoms with van der Waals surface area (Å²) in [6.45, 7) is 0. The Bertz CT molecular complexity index is 537. The van der Waals surface area contributed by atoms with Gasteiger partial charge >= 0.3 is 0 Å². The molecule has 2 aromatic carbocycles. The van der Waals surface area contributed by atoms with E-state index in [4.69, 9.17) is 40.5 Å². The van der Waals surface area contributed by atoms with Gasteiger partial charge in [-0.25, -0.2) is 0 Å². The van der Waals surface area contributed by atoms with Crippen molar-refractivity contribution in [3.05, 3.63) is 51.5 Å². The molecule has 0 fully saturated rings. The summed E-state index contributed by atoms with van der Waals surface area (Å²) in [4.78, 5) is 1.85. The first-order valence-electron chi connectivity index (χ1n) is 4.73. The highest BCUT2D eigenvalue weighted by molar-refractivity contribution is 7.99. The summed E-state index contributed by atoms with van der Waals surface area (Å²) in [5, 5.41) is 1.82. The maximum Gasteiger partial charge on any atom is 0.0565 e. The molecule has 88 valence electrons. The second-order valence-corrected chi connectivity index (χ2v) is 5.79. The standard InChI is InChI=1S/C12H8Cl3NS/c13-7-3-8(14)5-10(4-7)17-12-2-1-9(16)6-11(12)15/h1-6H,16H2. The second kappa shape index (κ2) is 5.40. The van der Waals surface area contributed by atoms with Crippen LogP contribution in [0.25, 0.3) is 0 Å². The fourth-order valence-electron chi connectivity index (χ4n) is 1.31. The Kier molecular flexibility index (Phi) is 4.10. The van der Waals surface area contributed by atoms with Crippen LogP contribution in [-0.4, -0.2) is 0 Å². The van der Waals surface area contributed by atoms with Gasteiger partial charge < -0.3 is 5.73 Å². The Balaban J connectivity index is 2.31. The van der Waals surface area contributed by atoms with Gasteiger partial charge in [-0.2, -0.15) is 0 Å². The van der Waals surface area contributed by atoms with Crippen LogP contribution in [0.2, 0.25) is 15.1 Å². The zero-order valence-corrected chi connectivity index (χ0v) is 11.7. The summed E-state index contributed by atoms with van der Waals surface area (Å²) in [6.07, 6.45) is 0. The fourth-order valence-corrected chi connectivity index (χ4v) is 3.19. The molecule has 0 aliphatic carbocycles. The highest BCUT2D eigenvalue weighted by atomic mass is 35.5. The highest BCUT2D eigenvalue weighted by Gasteiger charge is 2.05. The van der Waals surface area contributed by atoms with Crippen molar-refractivity contribution in [3.63, 3.8) is 0 Å². The van der Waals surface area contributed by atoms with Crippen LogP contribution >= 0.6 is 46.6 Å². The summed E-state index contributed by atoms with van der Waals surface area (Å²) in [5.74, 6) is 0. The van der Waals surface area contributed by atoms with Crippen molar-refractivity contribution in [2.75, 3.05) is 5.73 Å². The molecular weight excluding hydrogens is 297 g/mol. The number of hydrogen-bond acceptors (Lipinski definition) is 2. The zero-order valence-electron chi connectivity index (χ0n) is 8.58. The van der Waals surface area contributed by atoms with Crippen molar-refractivity contribution >= 4 is 52.3 Å². The van der Waals surface area contributed by atoms with E-state index in [9.17, 15) is 0 Å². The Hall–Kier alpha value is -0.540. The number of halogens is 3. The first-order chi connectivity index (χ1) is 8.04. The van der Waals surface area contributed by atoms with E-state index >= 15 is 0 Å². The second-order valence-electron chi connectivity index (χ2n) is 3.40. The van der Waals surface area contributed by atoms with Crippen LogP contribution in [0, 0.1) is 0 Å². The predicted molar refractivity (Wildman–Crippen MR) is 76.4 cm³/mol. The predicted octanol–water partition coefficient (Wildman–Crippen LogP) is 5.38. The Morgan fingerprint density at radius 3 is 2.12 bits per heavy atom. The van der Waals surface area contributed by atoms with Gasteiger partial charge in [-0.3, -0.25) is 0 Å². The maximum atomic E-state index is 6.09. The Morgan fingerprint density at radius 1 is 0.882 bits per heavy atom. The van der Waals surface area contributed by atoms with Crippen molar-refractivity contribution in [1.82, 2.24) is 0 Å². The molecule has 0 aliphatic heterocycles. The van der Waals surface area contributed by atoms with Crippen LogP contribution in [0.1, 0.15) is 0 Å². The van der Waals surface area contributed by atoms with E-state index in [2.05, 4.69) is 0 Å². The van der Waals surface area contributed by atoms with Gasteiger partial charge in [0.2, 0.25) is 0 Å². The van der Waals surface area contributed by atoms with Crippen LogP contribution in [0.3, 0.4) is 0 Å². The third kappa shape index (κ3) is 3.46. The largest absolute Gasteiger partial charge is 0.399 e. The third-order valence-electron chi connectivity index (χ3n) is 2.02. The van der Waals surface area contributed by atoms with E-state index < -0.39 is 0 Å². The van der Waals surface area contributed by atoms with Gasteiger partial charge in [0.15, 0.2) is 0 Å². The number of anilines is 1. The maximum absolute atomic E-state index is 6.09. The lowest BCUT2D eigenvalue weighted by molar-refractivity contribution is 1.41. The molecular formula is C12H8Cl3NS. The molecule has 0 unspecified atom stereocenters. The van der Waals surface area contributed by atoms with Gasteiger partial charge in [-0.1, -0.05) is 46.6 Å². The lowest BCUT2D eigenvalue weighted by Gasteiger charge is -2.06. The Morgan fingerprint density at radius 2 is 1.53 bits per heavy atom. The molecule has 0 saturated heterocycles. The third-order valence-corrected chi connectivity index (χ3v) is 3.93. The smallest absolute Gasteiger partial charge is 0.0565 e. The fraction of sp³-hybridized carbons (Fsp3) is 0. The monoisotopic (exact) mass is 303 g/mol. The lowest BCUT2D eigenvalue weighted by Crippen LogP contribution is -1.84. The van der Waals surface area contributed by atoms with Crippen molar-refractivity contribution in [2.45, 2.75) is 9.79 Å². The molecule has 1 nitrogen and oxygen atoms in total. The molecule has 0 radical (unpaired) electrons. The lowest BCUT2D eigenvalue weighted by atomic mass is 10.3. The molecule has 0 amide bonds. The highest BCUT2D eigenvalue weighted by Crippen LogP contribution is 2.36. The molecule has 17 heavy (non-hydrogen) atoms. The van der Waals surface area contributed by atoms with Crippen LogP contribution in [0.15, 0.2) is 46.2 Å². The molecule has 0 atom stereocenters. The first-order valence-corrected chi connectivity index (χ1v) is 6.68. The van der Waals surface area contributed by atoms with Crippen LogP contribution in [0.4, 0.5) is 5.69 Å². The first kappa shape index (κ1) is 12.9. The molecule has 0 aromatic heterocycles. The normalized spacial score (nSPS) is 10.5. The summed E-state index contributed by atoms with van der Waals surface area (Å²) in [6, 6.07) is 10.8. The molecule has 2 rings (SSSR count). The van der Waals surface area contributed by atoms with E-state index in [1.165, 1.54) is 11.8 Å². The quantitative estimate of drug-likeness (QED) is 0.754. The van der Waals surface area contributed by atoms with Crippen molar-refractivity contribution in [2.24, 2.45) is 0 Å². The molecule has 2 aromatic rings. The molecule has 0 heterocycles. The van der Waals surface area contributed by atoms with Crippen LogP contribution in [-0.2, 0) is 0 Å². The number of benzene rings is 2. The van der Waals surface area contributed by atoms with Gasteiger partial charge in [-0.05, 0) is 36.4 Å².